The molecule has 3 rings (SSSR count). The first kappa shape index (κ1) is 16.6. The van der Waals surface area contributed by atoms with Crippen molar-refractivity contribution in [2.45, 2.75) is 38.0 Å². The van der Waals surface area contributed by atoms with Crippen LogP contribution in [0.1, 0.15) is 31.7 Å². The van der Waals surface area contributed by atoms with E-state index in [1.165, 1.54) is 12.1 Å². The molecule has 3 atom stereocenters. The zero-order chi connectivity index (χ0) is 17.2. The van der Waals surface area contributed by atoms with E-state index in [2.05, 4.69) is 11.8 Å². The smallest absolute Gasteiger partial charge is 0.202 e. The van der Waals surface area contributed by atoms with Gasteiger partial charge >= 0.3 is 0 Å². The van der Waals surface area contributed by atoms with E-state index in [1.54, 1.807) is 24.3 Å². The predicted molar refractivity (Wildman–Crippen MR) is 91.7 cm³/mol. The van der Waals surface area contributed by atoms with Gasteiger partial charge in [0.15, 0.2) is 0 Å². The second kappa shape index (κ2) is 6.73. The average Bonchev–Trinajstić information content (AvgIpc) is 2.57. The lowest BCUT2D eigenvalue weighted by Crippen LogP contribution is -2.39. The number of rotatable bonds is 1. The van der Waals surface area contributed by atoms with E-state index in [9.17, 15) is 13.2 Å². The van der Waals surface area contributed by atoms with E-state index in [4.69, 9.17) is 0 Å². The van der Waals surface area contributed by atoms with Crippen LogP contribution in [0, 0.1) is 23.6 Å². The van der Waals surface area contributed by atoms with E-state index >= 15 is 0 Å². The molecule has 0 saturated heterocycles. The second-order valence-corrected chi connectivity index (χ2v) is 6.35. The fraction of sp³-hybridized carbons (Fsp3) is 0.333. The molecule has 0 aromatic heterocycles. The van der Waals surface area contributed by atoms with Crippen molar-refractivity contribution < 1.29 is 13.2 Å². The maximum absolute atomic E-state index is 14.8. The molecule has 2 aromatic rings. The van der Waals surface area contributed by atoms with E-state index in [1.807, 2.05) is 19.1 Å². The molecule has 124 valence electrons. The fourth-order valence-corrected chi connectivity index (χ4v) is 3.18. The molecular weight excluding hydrogens is 309 g/mol. The van der Waals surface area contributed by atoms with Crippen LogP contribution >= 0.6 is 0 Å². The third-order valence-corrected chi connectivity index (χ3v) is 4.57. The van der Waals surface area contributed by atoms with Crippen molar-refractivity contribution in [1.82, 2.24) is 0 Å². The minimum absolute atomic E-state index is 0.0891. The van der Waals surface area contributed by atoms with Gasteiger partial charge in [-0.25, -0.2) is 13.2 Å². The highest BCUT2D eigenvalue weighted by atomic mass is 19.2. The van der Waals surface area contributed by atoms with Gasteiger partial charge in [-0.1, -0.05) is 36.1 Å². The van der Waals surface area contributed by atoms with E-state index in [0.717, 1.165) is 10.8 Å². The van der Waals surface area contributed by atoms with Gasteiger partial charge in [0.05, 0.1) is 0 Å². The Balaban J connectivity index is 1.82. The number of hydrogen-bond acceptors (Lipinski definition) is 0. The first-order valence-corrected chi connectivity index (χ1v) is 8.18. The maximum Gasteiger partial charge on any atom is 0.202 e. The summed E-state index contributed by atoms with van der Waals surface area (Å²) in [5, 5.41) is 1.58. The van der Waals surface area contributed by atoms with Crippen molar-refractivity contribution in [3.63, 3.8) is 0 Å². The number of benzene rings is 2. The minimum Gasteiger partial charge on any atom is -0.243 e. The summed E-state index contributed by atoms with van der Waals surface area (Å²) < 4.78 is 42.2. The van der Waals surface area contributed by atoms with E-state index < -0.39 is 11.8 Å². The van der Waals surface area contributed by atoms with Gasteiger partial charge in [0.2, 0.25) is 5.67 Å². The van der Waals surface area contributed by atoms with Crippen molar-refractivity contribution in [3.05, 3.63) is 59.9 Å². The summed E-state index contributed by atoms with van der Waals surface area (Å²) in [4.78, 5) is 0. The monoisotopic (exact) mass is 328 g/mol. The largest absolute Gasteiger partial charge is 0.243 e. The summed E-state index contributed by atoms with van der Waals surface area (Å²) in [6.07, 6.45) is 3.12. The van der Waals surface area contributed by atoms with Crippen LogP contribution in [0.4, 0.5) is 13.2 Å². The van der Waals surface area contributed by atoms with Crippen molar-refractivity contribution in [1.29, 1.82) is 0 Å². The van der Waals surface area contributed by atoms with Crippen LogP contribution in [0.15, 0.2) is 48.6 Å². The lowest BCUT2D eigenvalue weighted by atomic mass is 9.78. The Labute approximate surface area is 140 Å². The minimum atomic E-state index is -2.09. The van der Waals surface area contributed by atoms with Gasteiger partial charge in [0.1, 0.15) is 12.0 Å². The molecular formula is C21H19F3. The Hall–Kier alpha value is -2.21. The highest BCUT2D eigenvalue weighted by Gasteiger charge is 2.42. The summed E-state index contributed by atoms with van der Waals surface area (Å²) in [6.45, 7) is 1.88. The van der Waals surface area contributed by atoms with Gasteiger partial charge < -0.3 is 0 Å². The summed E-state index contributed by atoms with van der Waals surface area (Å²) in [5.74, 6) is 5.06. The molecule has 1 aliphatic rings. The van der Waals surface area contributed by atoms with Gasteiger partial charge in [-0.2, -0.15) is 0 Å². The van der Waals surface area contributed by atoms with Gasteiger partial charge in [0.25, 0.3) is 0 Å². The summed E-state index contributed by atoms with van der Waals surface area (Å²) >= 11 is 0. The van der Waals surface area contributed by atoms with Crippen LogP contribution in [-0.4, -0.2) is 11.8 Å². The lowest BCUT2D eigenvalue weighted by Gasteiger charge is -2.32. The quantitative estimate of drug-likeness (QED) is 0.462. The number of hydrogen-bond donors (Lipinski definition) is 0. The van der Waals surface area contributed by atoms with Crippen LogP contribution in [0.25, 0.3) is 10.8 Å². The molecule has 1 saturated carbocycles. The molecule has 2 aromatic carbocycles. The molecule has 24 heavy (non-hydrogen) atoms. The molecule has 0 N–H and O–H groups in total. The molecule has 3 heteroatoms. The molecule has 0 nitrogen and oxygen atoms in total. The molecule has 0 bridgehead atoms. The fourth-order valence-electron chi connectivity index (χ4n) is 3.18. The van der Waals surface area contributed by atoms with Gasteiger partial charge in [0, 0.05) is 5.56 Å². The number of fused-ring (bicyclic) bond motifs is 1. The topological polar surface area (TPSA) is 0 Å². The van der Waals surface area contributed by atoms with Crippen LogP contribution < -0.4 is 0 Å². The van der Waals surface area contributed by atoms with Crippen LogP contribution in [0.2, 0.25) is 0 Å². The third kappa shape index (κ3) is 3.48. The second-order valence-electron chi connectivity index (χ2n) is 6.35. The number of halogens is 3. The predicted octanol–water partition coefficient (Wildman–Crippen LogP) is 5.75. The molecule has 0 spiro atoms. The Morgan fingerprint density at radius 2 is 1.92 bits per heavy atom. The molecule has 1 aliphatic carbocycles. The normalized spacial score (nSPS) is 27.2. The Morgan fingerprint density at radius 1 is 1.17 bits per heavy atom. The average molecular weight is 328 g/mol. The number of alkyl halides is 2. The molecule has 0 aliphatic heterocycles. The van der Waals surface area contributed by atoms with Gasteiger partial charge in [-0.3, -0.25) is 0 Å². The zero-order valence-corrected chi connectivity index (χ0v) is 13.5. The van der Waals surface area contributed by atoms with Crippen molar-refractivity contribution in [3.8, 4) is 11.8 Å². The molecule has 3 unspecified atom stereocenters. The first-order valence-electron chi connectivity index (χ1n) is 8.18. The Kier molecular flexibility index (Phi) is 4.66. The first-order chi connectivity index (χ1) is 11.5. The van der Waals surface area contributed by atoms with E-state index in [0.29, 0.717) is 12.0 Å². The van der Waals surface area contributed by atoms with Gasteiger partial charge in [-0.15, -0.1) is 0 Å². The molecule has 0 heterocycles. The lowest BCUT2D eigenvalue weighted by molar-refractivity contribution is 0.0477. The highest BCUT2D eigenvalue weighted by molar-refractivity contribution is 5.83. The van der Waals surface area contributed by atoms with Crippen molar-refractivity contribution >= 4 is 10.8 Å². The summed E-state index contributed by atoms with van der Waals surface area (Å²) in [5.41, 5.74) is -1.48. The number of allylic oxidation sites excluding steroid dienone is 2. The maximum atomic E-state index is 14.8. The Bertz CT molecular complexity index is 828. The zero-order valence-electron chi connectivity index (χ0n) is 13.5. The molecule has 0 amide bonds. The summed E-state index contributed by atoms with van der Waals surface area (Å²) in [7, 11) is 0. The van der Waals surface area contributed by atoms with Crippen LogP contribution in [-0.2, 0) is 0 Å². The van der Waals surface area contributed by atoms with Crippen molar-refractivity contribution in [2.75, 3.05) is 0 Å². The van der Waals surface area contributed by atoms with Gasteiger partial charge in [-0.05, 0) is 67.1 Å². The summed E-state index contributed by atoms with van der Waals surface area (Å²) in [6, 6.07) is 9.67. The third-order valence-electron chi connectivity index (χ3n) is 4.57. The standard InChI is InChI=1S/C21H19F3/c1-2-3-15-8-10-21(24,20(23)13-15)11-9-16-4-5-18-14-19(22)7-6-17(18)12-16/h2-7,12,14-15,20H,8,10,13H2,1H3/b3-2+. The Morgan fingerprint density at radius 3 is 2.67 bits per heavy atom. The van der Waals surface area contributed by atoms with Crippen molar-refractivity contribution in [2.24, 2.45) is 5.92 Å². The molecule has 1 fully saturated rings. The highest BCUT2D eigenvalue weighted by Crippen LogP contribution is 2.37. The molecule has 0 radical (unpaired) electrons. The van der Waals surface area contributed by atoms with Crippen LogP contribution in [0.3, 0.4) is 0 Å². The van der Waals surface area contributed by atoms with Crippen LogP contribution in [0.5, 0.6) is 0 Å². The SMILES string of the molecule is C/C=C/C1CCC(F)(C#Cc2ccc3cc(F)ccc3c2)C(F)C1. The van der Waals surface area contributed by atoms with E-state index in [-0.39, 0.29) is 24.6 Å².